The van der Waals surface area contributed by atoms with E-state index in [1.165, 1.54) is 0 Å². The number of carboxylic acid groups (broad SMARTS) is 1. The van der Waals surface area contributed by atoms with Crippen LogP contribution in [0.4, 0.5) is 0 Å². The number of nitrogens with two attached hydrogens (primary N) is 1. The van der Waals surface area contributed by atoms with Crippen LogP contribution in [0.3, 0.4) is 0 Å². The topological polar surface area (TPSA) is 121 Å². The minimum atomic E-state index is -4.27. The Labute approximate surface area is 89.7 Å². The second-order valence-corrected chi connectivity index (χ2v) is 12.4. The maximum absolute atomic E-state index is 11.2. The van der Waals surface area contributed by atoms with E-state index >= 15 is 0 Å². The summed E-state index contributed by atoms with van der Waals surface area (Å²) in [5.41, 5.74) is 5.29. The molecule has 90 valence electrons. The lowest BCUT2D eigenvalue weighted by Gasteiger charge is -2.30. The third kappa shape index (κ3) is 4.90. The van der Waals surface area contributed by atoms with Gasteiger partial charge < -0.3 is 20.6 Å². The van der Waals surface area contributed by atoms with Crippen LogP contribution in [0.2, 0.25) is 19.6 Å². The first kappa shape index (κ1) is 14.8. The highest BCUT2D eigenvalue weighted by Crippen LogP contribution is 2.47. The number of rotatable bonds is 5. The molecule has 0 aliphatic rings. The van der Waals surface area contributed by atoms with Gasteiger partial charge in [-0.25, -0.2) is 0 Å². The first-order valence-electron chi connectivity index (χ1n) is 4.50. The normalized spacial score (nSPS) is 17.2. The largest absolute Gasteiger partial charge is 0.480 e. The molecule has 0 aliphatic carbocycles. The van der Waals surface area contributed by atoms with Gasteiger partial charge in [0, 0.05) is 0 Å². The first-order valence-corrected chi connectivity index (χ1v) is 9.75. The molecule has 8 heteroatoms. The van der Waals surface area contributed by atoms with Crippen LogP contribution in [-0.2, 0) is 9.36 Å². The summed E-state index contributed by atoms with van der Waals surface area (Å²) >= 11 is 0. The molecule has 0 aromatic carbocycles. The zero-order valence-corrected chi connectivity index (χ0v) is 10.9. The molecule has 15 heavy (non-hydrogen) atoms. The van der Waals surface area contributed by atoms with Crippen LogP contribution in [0.25, 0.3) is 0 Å². The van der Waals surface area contributed by atoms with Gasteiger partial charge in [-0.2, -0.15) is 0 Å². The van der Waals surface area contributed by atoms with E-state index < -0.39 is 33.0 Å². The van der Waals surface area contributed by atoms with Crippen molar-refractivity contribution in [2.24, 2.45) is 5.73 Å². The molecule has 0 amide bonds. The average molecular weight is 255 g/mol. The molecule has 0 fully saturated rings. The van der Waals surface area contributed by atoms with E-state index in [-0.39, 0.29) is 6.42 Å². The second kappa shape index (κ2) is 4.76. The van der Waals surface area contributed by atoms with Crippen LogP contribution in [0.5, 0.6) is 0 Å². The summed E-state index contributed by atoms with van der Waals surface area (Å²) in [4.78, 5) is 28.8. The van der Waals surface area contributed by atoms with Crippen molar-refractivity contribution in [1.29, 1.82) is 0 Å². The molecule has 0 aromatic heterocycles. The summed E-state index contributed by atoms with van der Waals surface area (Å²) in [5.74, 6) is -1.23. The maximum Gasteiger partial charge on any atom is 0.325 e. The van der Waals surface area contributed by atoms with Crippen molar-refractivity contribution < 1.29 is 24.3 Å². The highest BCUT2D eigenvalue weighted by atomic mass is 31.2. The Morgan fingerprint density at radius 2 is 1.80 bits per heavy atom. The van der Waals surface area contributed by atoms with E-state index in [1.54, 1.807) is 19.6 Å². The monoisotopic (exact) mass is 255 g/mol. The molecule has 0 spiro atoms. The predicted molar refractivity (Wildman–Crippen MR) is 59.4 cm³/mol. The van der Waals surface area contributed by atoms with Gasteiger partial charge in [-0.05, 0) is 6.42 Å². The lowest BCUT2D eigenvalue weighted by atomic mass is 10.2. The van der Waals surface area contributed by atoms with Crippen LogP contribution < -0.4 is 5.73 Å². The van der Waals surface area contributed by atoms with Crippen molar-refractivity contribution in [3.63, 3.8) is 0 Å². The molecule has 0 heterocycles. The summed E-state index contributed by atoms with van der Waals surface area (Å²) in [6.07, 6.45) is -0.171. The number of aliphatic carboxylic acids is 1. The molecule has 0 saturated heterocycles. The molecule has 5 N–H and O–H groups in total. The first-order chi connectivity index (χ1) is 6.46. The van der Waals surface area contributed by atoms with Gasteiger partial charge >= 0.3 is 13.6 Å². The van der Waals surface area contributed by atoms with Crippen LogP contribution in [0, 0.1) is 0 Å². The fraction of sp³-hybridized carbons (Fsp3) is 0.857. The SMILES string of the molecule is C[Si](C)(C)[C@H](C[C@H](N)C(=O)O)P(=O)(O)O. The molecule has 0 bridgehead atoms. The van der Waals surface area contributed by atoms with Crippen LogP contribution >= 0.6 is 7.60 Å². The smallest absolute Gasteiger partial charge is 0.325 e. The molecule has 0 aliphatic heterocycles. The van der Waals surface area contributed by atoms with E-state index in [1.807, 2.05) is 0 Å². The lowest BCUT2D eigenvalue weighted by Crippen LogP contribution is -2.44. The molecule has 0 radical (unpaired) electrons. The zero-order valence-electron chi connectivity index (χ0n) is 9.04. The number of carbonyl (C=O) groups is 1. The van der Waals surface area contributed by atoms with Gasteiger partial charge in [-0.3, -0.25) is 9.36 Å². The molecular weight excluding hydrogens is 237 g/mol. The van der Waals surface area contributed by atoms with Crippen molar-refractivity contribution >= 4 is 21.6 Å². The molecule has 0 saturated carbocycles. The minimum Gasteiger partial charge on any atom is -0.480 e. The Bertz CT molecular complexity index is 284. The standard InChI is InChI=1S/C7H18NO5PSi/c1-15(2,3)6(14(11,12)13)4-5(8)7(9)10/h5-6H,4,8H2,1-3H3,(H,9,10)(H2,11,12,13)/t5-,6+/m0/s1. The van der Waals surface area contributed by atoms with Gasteiger partial charge in [-0.1, -0.05) is 19.6 Å². The number of carboxylic acids is 1. The molecule has 0 rings (SSSR count). The summed E-state index contributed by atoms with van der Waals surface area (Å²) in [5, 5.41) is 7.69. The van der Waals surface area contributed by atoms with Crippen LogP contribution in [0.15, 0.2) is 0 Å². The van der Waals surface area contributed by atoms with Crippen molar-refractivity contribution in [1.82, 2.24) is 0 Å². The zero-order chi connectivity index (χ0) is 12.4. The fourth-order valence-corrected chi connectivity index (χ4v) is 6.84. The fourth-order valence-electron chi connectivity index (χ4n) is 1.34. The van der Waals surface area contributed by atoms with Crippen molar-refractivity contribution in [2.45, 2.75) is 37.4 Å². The van der Waals surface area contributed by atoms with Gasteiger partial charge in [0.25, 0.3) is 0 Å². The van der Waals surface area contributed by atoms with Crippen molar-refractivity contribution in [3.8, 4) is 0 Å². The Hall–Kier alpha value is -0.203. The second-order valence-electron chi connectivity index (χ2n) is 4.65. The minimum absolute atomic E-state index is 0.171. The number of hydrogen-bond donors (Lipinski definition) is 4. The highest BCUT2D eigenvalue weighted by molar-refractivity contribution is 7.56. The lowest BCUT2D eigenvalue weighted by molar-refractivity contribution is -0.138. The van der Waals surface area contributed by atoms with Crippen molar-refractivity contribution in [3.05, 3.63) is 0 Å². The summed E-state index contributed by atoms with van der Waals surface area (Å²) in [6.45, 7) is 5.35. The third-order valence-corrected chi connectivity index (χ3v) is 8.79. The van der Waals surface area contributed by atoms with E-state index in [2.05, 4.69) is 0 Å². The van der Waals surface area contributed by atoms with Crippen molar-refractivity contribution in [2.75, 3.05) is 0 Å². The van der Waals surface area contributed by atoms with E-state index in [0.717, 1.165) is 0 Å². The van der Waals surface area contributed by atoms with E-state index in [4.69, 9.17) is 20.6 Å². The van der Waals surface area contributed by atoms with Crippen LogP contribution in [-0.4, -0.2) is 40.3 Å². The van der Waals surface area contributed by atoms with Gasteiger partial charge in [0.05, 0.1) is 13.4 Å². The average Bonchev–Trinajstić information content (AvgIpc) is 1.94. The Morgan fingerprint density at radius 3 is 2.00 bits per heavy atom. The molecule has 2 atom stereocenters. The molecule has 0 aromatic rings. The number of hydrogen-bond acceptors (Lipinski definition) is 3. The maximum atomic E-state index is 11.2. The summed E-state index contributed by atoms with van der Waals surface area (Å²) in [6, 6.07) is -1.21. The Kier molecular flexibility index (Phi) is 4.69. The Morgan fingerprint density at radius 1 is 1.40 bits per heavy atom. The van der Waals surface area contributed by atoms with Gasteiger partial charge in [0.1, 0.15) is 6.04 Å². The molecular formula is C7H18NO5PSi. The van der Waals surface area contributed by atoms with Gasteiger partial charge in [0.2, 0.25) is 0 Å². The molecule has 6 nitrogen and oxygen atoms in total. The van der Waals surface area contributed by atoms with Gasteiger partial charge in [0.15, 0.2) is 0 Å². The quantitative estimate of drug-likeness (QED) is 0.411. The van der Waals surface area contributed by atoms with Crippen LogP contribution in [0.1, 0.15) is 6.42 Å². The molecule has 0 unspecified atom stereocenters. The summed E-state index contributed by atoms with van der Waals surface area (Å²) < 4.78 is 11.2. The van der Waals surface area contributed by atoms with E-state index in [0.29, 0.717) is 0 Å². The van der Waals surface area contributed by atoms with E-state index in [9.17, 15) is 9.36 Å². The summed E-state index contributed by atoms with van der Waals surface area (Å²) in [7, 11) is -6.41. The predicted octanol–water partition coefficient (Wildman–Crippen LogP) is 0.212. The highest BCUT2D eigenvalue weighted by Gasteiger charge is 2.41. The Balaban J connectivity index is 4.85. The van der Waals surface area contributed by atoms with Gasteiger partial charge in [-0.15, -0.1) is 0 Å². The third-order valence-electron chi connectivity index (χ3n) is 2.20.